The minimum Gasteiger partial charge on any atom is -0.480 e. The van der Waals surface area contributed by atoms with Crippen molar-refractivity contribution < 1.29 is 14.6 Å². The molecule has 17 heavy (non-hydrogen) atoms. The van der Waals surface area contributed by atoms with Gasteiger partial charge in [0.15, 0.2) is 0 Å². The maximum absolute atomic E-state index is 11.6. The molecule has 100 valence electrons. The molecule has 1 atom stereocenters. The van der Waals surface area contributed by atoms with Crippen molar-refractivity contribution in [2.75, 3.05) is 20.3 Å². The highest BCUT2D eigenvalue weighted by molar-refractivity contribution is 5.78. The number of hydrogen-bond donors (Lipinski definition) is 1. The Morgan fingerprint density at radius 2 is 2.12 bits per heavy atom. The quantitative estimate of drug-likeness (QED) is 0.708. The fourth-order valence-corrected chi connectivity index (χ4v) is 2.21. The van der Waals surface area contributed by atoms with Crippen LogP contribution in [-0.4, -0.2) is 47.8 Å². The van der Waals surface area contributed by atoms with Gasteiger partial charge in [0.25, 0.3) is 0 Å². The topological polar surface area (TPSA) is 49.8 Å². The van der Waals surface area contributed by atoms with E-state index in [9.17, 15) is 9.90 Å². The maximum Gasteiger partial charge on any atom is 0.323 e. The lowest BCUT2D eigenvalue weighted by Crippen LogP contribution is -2.55. The minimum atomic E-state index is -0.790. The van der Waals surface area contributed by atoms with E-state index in [0.29, 0.717) is 25.0 Å². The van der Waals surface area contributed by atoms with Gasteiger partial charge in [0.1, 0.15) is 5.54 Å². The zero-order valence-corrected chi connectivity index (χ0v) is 11.4. The van der Waals surface area contributed by atoms with Crippen LogP contribution < -0.4 is 0 Å². The van der Waals surface area contributed by atoms with E-state index in [-0.39, 0.29) is 0 Å². The predicted octanol–water partition coefficient (Wildman–Crippen LogP) is 1.99. The third-order valence-electron chi connectivity index (χ3n) is 3.44. The summed E-state index contributed by atoms with van der Waals surface area (Å²) in [6, 6.07) is 0.454. The van der Waals surface area contributed by atoms with Crippen molar-refractivity contribution in [1.82, 2.24) is 4.90 Å². The largest absolute Gasteiger partial charge is 0.480 e. The van der Waals surface area contributed by atoms with Crippen molar-refractivity contribution in [3.63, 3.8) is 0 Å². The van der Waals surface area contributed by atoms with Crippen LogP contribution in [0.2, 0.25) is 0 Å². The number of carbonyl (C=O) groups is 1. The monoisotopic (exact) mass is 243 g/mol. The maximum atomic E-state index is 11.6. The van der Waals surface area contributed by atoms with Crippen molar-refractivity contribution in [2.45, 2.75) is 51.6 Å². The second-order valence-electron chi connectivity index (χ2n) is 5.60. The Bertz CT molecular complexity index is 263. The molecule has 1 aliphatic rings. The van der Waals surface area contributed by atoms with Crippen LogP contribution in [0.25, 0.3) is 0 Å². The van der Waals surface area contributed by atoms with Crippen molar-refractivity contribution >= 4 is 5.97 Å². The van der Waals surface area contributed by atoms with E-state index in [4.69, 9.17) is 4.74 Å². The molecule has 0 radical (unpaired) electrons. The number of carboxylic acid groups (broad SMARTS) is 1. The van der Waals surface area contributed by atoms with Crippen LogP contribution in [0.5, 0.6) is 0 Å². The van der Waals surface area contributed by atoms with Gasteiger partial charge in [-0.2, -0.15) is 0 Å². The Morgan fingerprint density at radius 1 is 1.53 bits per heavy atom. The molecule has 1 aliphatic carbocycles. The number of hydrogen-bond acceptors (Lipinski definition) is 3. The Morgan fingerprint density at radius 3 is 2.47 bits per heavy atom. The second kappa shape index (κ2) is 5.83. The van der Waals surface area contributed by atoms with E-state index in [1.54, 1.807) is 7.11 Å². The van der Waals surface area contributed by atoms with Gasteiger partial charge in [0.2, 0.25) is 0 Å². The molecule has 0 bridgehead atoms. The Kier molecular flexibility index (Phi) is 4.95. The van der Waals surface area contributed by atoms with Gasteiger partial charge in [0, 0.05) is 26.3 Å². The smallest absolute Gasteiger partial charge is 0.323 e. The van der Waals surface area contributed by atoms with E-state index in [1.165, 1.54) is 0 Å². The third kappa shape index (κ3) is 3.68. The first-order valence-corrected chi connectivity index (χ1v) is 6.41. The molecule has 0 heterocycles. The molecule has 0 aliphatic heterocycles. The van der Waals surface area contributed by atoms with Crippen LogP contribution in [0.3, 0.4) is 0 Å². The van der Waals surface area contributed by atoms with Gasteiger partial charge < -0.3 is 9.84 Å². The number of rotatable bonds is 8. The van der Waals surface area contributed by atoms with Crippen LogP contribution in [0, 0.1) is 5.92 Å². The second-order valence-corrected chi connectivity index (χ2v) is 5.60. The molecule has 0 aromatic carbocycles. The van der Waals surface area contributed by atoms with Crippen LogP contribution in [0.4, 0.5) is 0 Å². The molecular formula is C13H25NO3. The molecule has 1 fully saturated rings. The van der Waals surface area contributed by atoms with Crippen LogP contribution in [-0.2, 0) is 9.53 Å². The lowest BCUT2D eigenvalue weighted by atomic mass is 9.94. The third-order valence-corrected chi connectivity index (χ3v) is 3.44. The summed E-state index contributed by atoms with van der Waals surface area (Å²) in [5, 5.41) is 9.52. The summed E-state index contributed by atoms with van der Waals surface area (Å²) >= 11 is 0. The van der Waals surface area contributed by atoms with Gasteiger partial charge >= 0.3 is 5.97 Å². The zero-order valence-electron chi connectivity index (χ0n) is 11.4. The summed E-state index contributed by atoms with van der Waals surface area (Å²) in [5.74, 6) is -0.251. The molecule has 1 saturated carbocycles. The Hall–Kier alpha value is -0.610. The van der Waals surface area contributed by atoms with Crippen LogP contribution >= 0.6 is 0 Å². The molecule has 1 N–H and O–H groups in total. The molecule has 0 aromatic heterocycles. The summed E-state index contributed by atoms with van der Waals surface area (Å²) in [6.07, 6.45) is 2.80. The van der Waals surface area contributed by atoms with Gasteiger partial charge in [-0.15, -0.1) is 0 Å². The fraction of sp³-hybridized carbons (Fsp3) is 0.923. The lowest BCUT2D eigenvalue weighted by Gasteiger charge is -2.39. The molecule has 0 spiro atoms. The van der Waals surface area contributed by atoms with E-state index in [2.05, 4.69) is 18.7 Å². The fourth-order valence-electron chi connectivity index (χ4n) is 2.21. The van der Waals surface area contributed by atoms with E-state index in [1.807, 2.05) is 6.92 Å². The summed E-state index contributed by atoms with van der Waals surface area (Å²) in [4.78, 5) is 13.8. The molecule has 0 amide bonds. The van der Waals surface area contributed by atoms with Crippen LogP contribution in [0.15, 0.2) is 0 Å². The molecule has 0 aromatic rings. The number of carboxylic acids is 1. The van der Waals surface area contributed by atoms with Crippen molar-refractivity contribution in [3.05, 3.63) is 0 Å². The SMILES string of the molecule is COCCC(C)(C(=O)O)N(CC(C)C)C1CC1. The highest BCUT2D eigenvalue weighted by atomic mass is 16.5. The summed E-state index contributed by atoms with van der Waals surface area (Å²) < 4.78 is 5.05. The van der Waals surface area contributed by atoms with Crippen LogP contribution in [0.1, 0.15) is 40.0 Å². The van der Waals surface area contributed by atoms with Gasteiger partial charge in [-0.3, -0.25) is 9.69 Å². The van der Waals surface area contributed by atoms with E-state index >= 15 is 0 Å². The average Bonchev–Trinajstić information content (AvgIpc) is 3.05. The molecule has 4 nitrogen and oxygen atoms in total. The molecule has 1 rings (SSSR count). The Labute approximate surface area is 104 Å². The number of aliphatic carboxylic acids is 1. The molecule has 1 unspecified atom stereocenters. The van der Waals surface area contributed by atoms with Crippen molar-refractivity contribution in [1.29, 1.82) is 0 Å². The average molecular weight is 243 g/mol. The standard InChI is InChI=1S/C13H25NO3/c1-10(2)9-14(11-5-6-11)13(3,12(15)16)7-8-17-4/h10-11H,5-9H2,1-4H3,(H,15,16). The minimum absolute atomic E-state index is 0.454. The first-order valence-electron chi connectivity index (χ1n) is 6.41. The van der Waals surface area contributed by atoms with E-state index < -0.39 is 11.5 Å². The van der Waals surface area contributed by atoms with Crippen molar-refractivity contribution in [3.8, 4) is 0 Å². The molecule has 4 heteroatoms. The highest BCUT2D eigenvalue weighted by Crippen LogP contribution is 2.35. The molecule has 0 saturated heterocycles. The number of methoxy groups -OCH3 is 1. The number of nitrogens with zero attached hydrogens (tertiary/aromatic N) is 1. The summed E-state index contributed by atoms with van der Waals surface area (Å²) in [5.41, 5.74) is -0.790. The van der Waals surface area contributed by atoms with Gasteiger partial charge in [-0.1, -0.05) is 13.8 Å². The van der Waals surface area contributed by atoms with Gasteiger partial charge in [-0.25, -0.2) is 0 Å². The first kappa shape index (κ1) is 14.5. The summed E-state index contributed by atoms with van der Waals surface area (Å²) in [7, 11) is 1.62. The van der Waals surface area contributed by atoms with Gasteiger partial charge in [0.05, 0.1) is 0 Å². The first-order chi connectivity index (χ1) is 7.91. The zero-order chi connectivity index (χ0) is 13.1. The molecular weight excluding hydrogens is 218 g/mol. The predicted molar refractivity (Wildman–Crippen MR) is 67.1 cm³/mol. The van der Waals surface area contributed by atoms with Crippen molar-refractivity contribution in [2.24, 2.45) is 5.92 Å². The van der Waals surface area contributed by atoms with Gasteiger partial charge in [-0.05, 0) is 32.1 Å². The number of ether oxygens (including phenoxy) is 1. The Balaban J connectivity index is 2.79. The normalized spacial score (nSPS) is 19.6. The summed E-state index contributed by atoms with van der Waals surface area (Å²) in [6.45, 7) is 7.43. The van der Waals surface area contributed by atoms with E-state index in [0.717, 1.165) is 19.4 Å². The lowest BCUT2D eigenvalue weighted by molar-refractivity contribution is -0.152. The highest BCUT2D eigenvalue weighted by Gasteiger charge is 2.46.